The Morgan fingerprint density at radius 2 is 1.26 bits per heavy atom. The molecule has 0 spiro atoms. The number of aliphatic carboxylic acids is 2. The third kappa shape index (κ3) is 8.62. The molecule has 0 aromatic heterocycles. The van der Waals surface area contributed by atoms with E-state index >= 15 is 0 Å². The summed E-state index contributed by atoms with van der Waals surface area (Å²) >= 11 is 0. The van der Waals surface area contributed by atoms with E-state index in [1.807, 2.05) is 0 Å². The molecule has 19 heavy (non-hydrogen) atoms. The van der Waals surface area contributed by atoms with Gasteiger partial charge in [-0.05, 0) is 12.3 Å². The summed E-state index contributed by atoms with van der Waals surface area (Å²) in [5.41, 5.74) is 0. The maximum absolute atomic E-state index is 10.8. The molecule has 0 radical (unpaired) electrons. The Labute approximate surface area is 116 Å². The molecule has 0 aliphatic rings. The molecule has 4 heteroatoms. The molecule has 0 saturated heterocycles. The molecule has 112 valence electrons. The van der Waals surface area contributed by atoms with Gasteiger partial charge in [0.1, 0.15) is 0 Å². The summed E-state index contributed by atoms with van der Waals surface area (Å²) in [5, 5.41) is 17.7. The van der Waals surface area contributed by atoms with Crippen LogP contribution < -0.4 is 0 Å². The van der Waals surface area contributed by atoms with E-state index in [-0.39, 0.29) is 5.92 Å². The zero-order chi connectivity index (χ0) is 14.7. The zero-order valence-corrected chi connectivity index (χ0v) is 12.2. The summed E-state index contributed by atoms with van der Waals surface area (Å²) in [6, 6.07) is 0. The largest absolute Gasteiger partial charge is 0.481 e. The first-order chi connectivity index (χ1) is 9.00. The van der Waals surface area contributed by atoms with Gasteiger partial charge in [0.15, 0.2) is 5.92 Å². The third-order valence-corrected chi connectivity index (χ3v) is 3.61. The molecule has 0 rings (SSSR count). The first-order valence-corrected chi connectivity index (χ1v) is 7.46. The molecule has 1 unspecified atom stereocenters. The lowest BCUT2D eigenvalue weighted by Gasteiger charge is -2.15. The predicted octanol–water partition coefficient (Wildman–Crippen LogP) is 3.94. The fourth-order valence-corrected chi connectivity index (χ4v) is 2.36. The molecular weight excluding hydrogens is 244 g/mol. The first-order valence-electron chi connectivity index (χ1n) is 7.46. The van der Waals surface area contributed by atoms with Gasteiger partial charge >= 0.3 is 11.9 Å². The third-order valence-electron chi connectivity index (χ3n) is 3.61. The Bertz CT molecular complexity index is 249. The highest BCUT2D eigenvalue weighted by Crippen LogP contribution is 2.20. The van der Waals surface area contributed by atoms with Gasteiger partial charge in [-0.15, -0.1) is 0 Å². The quantitative estimate of drug-likeness (QED) is 0.417. The molecule has 0 aliphatic carbocycles. The van der Waals surface area contributed by atoms with Crippen molar-refractivity contribution in [2.75, 3.05) is 0 Å². The van der Waals surface area contributed by atoms with Gasteiger partial charge in [0, 0.05) is 0 Å². The fraction of sp³-hybridized carbons (Fsp3) is 0.867. The molecule has 0 aliphatic heterocycles. The van der Waals surface area contributed by atoms with Crippen LogP contribution in [0.4, 0.5) is 0 Å². The van der Waals surface area contributed by atoms with Gasteiger partial charge in [-0.1, -0.05) is 65.2 Å². The van der Waals surface area contributed by atoms with Crippen LogP contribution in [-0.2, 0) is 9.59 Å². The van der Waals surface area contributed by atoms with E-state index in [9.17, 15) is 9.59 Å². The summed E-state index contributed by atoms with van der Waals surface area (Å²) in [6.07, 6.45) is 10.2. The predicted molar refractivity (Wildman–Crippen MR) is 75.2 cm³/mol. The second-order valence-electron chi connectivity index (χ2n) is 5.39. The van der Waals surface area contributed by atoms with Crippen molar-refractivity contribution < 1.29 is 19.8 Å². The molecule has 2 N–H and O–H groups in total. The topological polar surface area (TPSA) is 74.6 Å². The summed E-state index contributed by atoms with van der Waals surface area (Å²) in [5.74, 6) is -4.00. The zero-order valence-electron chi connectivity index (χ0n) is 12.2. The number of rotatable bonds is 12. The lowest BCUT2D eigenvalue weighted by Crippen LogP contribution is -2.29. The monoisotopic (exact) mass is 272 g/mol. The van der Waals surface area contributed by atoms with E-state index < -0.39 is 17.9 Å². The maximum atomic E-state index is 10.8. The lowest BCUT2D eigenvalue weighted by atomic mass is 9.89. The molecule has 0 heterocycles. The molecule has 1 atom stereocenters. The Balaban J connectivity index is 3.65. The second-order valence-corrected chi connectivity index (χ2v) is 5.39. The number of carboxylic acids is 2. The minimum Gasteiger partial charge on any atom is -0.481 e. The Morgan fingerprint density at radius 3 is 1.68 bits per heavy atom. The van der Waals surface area contributed by atoms with Crippen molar-refractivity contribution in [2.24, 2.45) is 11.8 Å². The standard InChI is InChI=1S/C15H28O4/c1-3-4-5-6-7-8-9-10-11-12(2)13(14(16)17)15(18)19/h12-13H,3-11H2,1-2H3,(H,16,17)(H,18,19). The Morgan fingerprint density at radius 1 is 0.842 bits per heavy atom. The molecule has 0 aromatic carbocycles. The van der Waals surface area contributed by atoms with E-state index in [0.29, 0.717) is 6.42 Å². The van der Waals surface area contributed by atoms with Crippen LogP contribution >= 0.6 is 0 Å². The van der Waals surface area contributed by atoms with E-state index in [1.165, 1.54) is 38.5 Å². The van der Waals surface area contributed by atoms with Crippen molar-refractivity contribution in [2.45, 2.75) is 71.6 Å². The van der Waals surface area contributed by atoms with E-state index in [0.717, 1.165) is 12.8 Å². The molecule has 0 bridgehead atoms. The number of hydrogen-bond donors (Lipinski definition) is 2. The average Bonchev–Trinajstić information content (AvgIpc) is 2.31. The highest BCUT2D eigenvalue weighted by atomic mass is 16.4. The summed E-state index contributed by atoms with van der Waals surface area (Å²) in [6.45, 7) is 3.91. The van der Waals surface area contributed by atoms with Gasteiger partial charge in [0.2, 0.25) is 0 Å². The van der Waals surface area contributed by atoms with Crippen LogP contribution in [0.5, 0.6) is 0 Å². The van der Waals surface area contributed by atoms with Crippen molar-refractivity contribution >= 4 is 11.9 Å². The van der Waals surface area contributed by atoms with Gasteiger partial charge in [-0.2, -0.15) is 0 Å². The van der Waals surface area contributed by atoms with Gasteiger partial charge in [-0.3, -0.25) is 9.59 Å². The Kier molecular flexibility index (Phi) is 10.2. The van der Waals surface area contributed by atoms with Gasteiger partial charge in [-0.25, -0.2) is 0 Å². The lowest BCUT2D eigenvalue weighted by molar-refractivity contribution is -0.157. The minimum atomic E-state index is -1.26. The maximum Gasteiger partial charge on any atom is 0.318 e. The smallest absolute Gasteiger partial charge is 0.318 e. The summed E-state index contributed by atoms with van der Waals surface area (Å²) in [4.78, 5) is 21.7. The van der Waals surface area contributed by atoms with Crippen LogP contribution in [0, 0.1) is 11.8 Å². The van der Waals surface area contributed by atoms with Gasteiger partial charge < -0.3 is 10.2 Å². The molecule has 0 aromatic rings. The molecule has 0 amide bonds. The number of unbranched alkanes of at least 4 members (excludes halogenated alkanes) is 7. The number of carbonyl (C=O) groups is 2. The molecule has 0 saturated carbocycles. The Hall–Kier alpha value is -1.06. The van der Waals surface area contributed by atoms with E-state index in [4.69, 9.17) is 10.2 Å². The van der Waals surface area contributed by atoms with Crippen LogP contribution in [0.25, 0.3) is 0 Å². The number of carboxylic acid groups (broad SMARTS) is 2. The van der Waals surface area contributed by atoms with Gasteiger partial charge in [0.25, 0.3) is 0 Å². The van der Waals surface area contributed by atoms with Crippen molar-refractivity contribution in [3.05, 3.63) is 0 Å². The van der Waals surface area contributed by atoms with Crippen LogP contribution in [-0.4, -0.2) is 22.2 Å². The normalized spacial score (nSPS) is 12.6. The molecule has 0 fully saturated rings. The van der Waals surface area contributed by atoms with Gasteiger partial charge in [0.05, 0.1) is 0 Å². The fourth-order valence-electron chi connectivity index (χ4n) is 2.36. The van der Waals surface area contributed by atoms with Crippen molar-refractivity contribution in [3.63, 3.8) is 0 Å². The second kappa shape index (κ2) is 10.8. The summed E-state index contributed by atoms with van der Waals surface area (Å²) < 4.78 is 0. The minimum absolute atomic E-state index is 0.296. The molecule has 4 nitrogen and oxygen atoms in total. The van der Waals surface area contributed by atoms with Crippen molar-refractivity contribution in [3.8, 4) is 0 Å². The summed E-state index contributed by atoms with van der Waals surface area (Å²) in [7, 11) is 0. The van der Waals surface area contributed by atoms with E-state index in [1.54, 1.807) is 6.92 Å². The van der Waals surface area contributed by atoms with Crippen LogP contribution in [0.15, 0.2) is 0 Å². The van der Waals surface area contributed by atoms with Crippen LogP contribution in [0.1, 0.15) is 71.6 Å². The average molecular weight is 272 g/mol. The highest BCUT2D eigenvalue weighted by molar-refractivity contribution is 5.93. The SMILES string of the molecule is CCCCCCCCCCC(C)C(C(=O)O)C(=O)O. The highest BCUT2D eigenvalue weighted by Gasteiger charge is 2.31. The van der Waals surface area contributed by atoms with Crippen LogP contribution in [0.2, 0.25) is 0 Å². The molecular formula is C15H28O4. The first kappa shape index (κ1) is 17.9. The van der Waals surface area contributed by atoms with Crippen molar-refractivity contribution in [1.82, 2.24) is 0 Å². The number of hydrogen-bond acceptors (Lipinski definition) is 2. The van der Waals surface area contributed by atoms with E-state index in [2.05, 4.69) is 6.92 Å². The van der Waals surface area contributed by atoms with Crippen LogP contribution in [0.3, 0.4) is 0 Å². The van der Waals surface area contributed by atoms with Crippen molar-refractivity contribution in [1.29, 1.82) is 0 Å².